The fraction of sp³-hybridized carbons (Fsp3) is 0.500. The van der Waals surface area contributed by atoms with Crippen LogP contribution >= 0.6 is 0 Å². The van der Waals surface area contributed by atoms with Gasteiger partial charge in [0.1, 0.15) is 11.6 Å². The zero-order valence-corrected chi connectivity index (χ0v) is 11.5. The molecule has 0 fully saturated rings. The van der Waals surface area contributed by atoms with Crippen LogP contribution < -0.4 is 5.73 Å². The lowest BCUT2D eigenvalue weighted by Gasteiger charge is -2.30. The van der Waals surface area contributed by atoms with E-state index in [-0.39, 0.29) is 18.0 Å². The highest BCUT2D eigenvalue weighted by Gasteiger charge is 2.32. The number of carbonyl (C=O) groups is 1. The van der Waals surface area contributed by atoms with Crippen molar-refractivity contribution in [3.8, 4) is 0 Å². The lowest BCUT2D eigenvalue weighted by molar-refractivity contribution is -0.136. The number of halogens is 2. The van der Waals surface area contributed by atoms with E-state index < -0.39 is 17.2 Å². The van der Waals surface area contributed by atoms with Gasteiger partial charge >= 0.3 is 0 Å². The summed E-state index contributed by atoms with van der Waals surface area (Å²) >= 11 is 0. The summed E-state index contributed by atoms with van der Waals surface area (Å²) in [6.45, 7) is 3.76. The first-order chi connectivity index (χ1) is 8.84. The monoisotopic (exact) mass is 270 g/mol. The minimum Gasteiger partial charge on any atom is -0.340 e. The molecule has 0 saturated heterocycles. The van der Waals surface area contributed by atoms with Gasteiger partial charge in [0.15, 0.2) is 0 Å². The maximum atomic E-state index is 13.5. The molecule has 0 spiro atoms. The molecule has 0 atom stereocenters. The van der Waals surface area contributed by atoms with Crippen molar-refractivity contribution in [2.24, 2.45) is 5.73 Å². The quantitative estimate of drug-likeness (QED) is 0.893. The highest BCUT2D eigenvalue weighted by Crippen LogP contribution is 2.17. The Balaban J connectivity index is 2.85. The molecule has 1 amide bonds. The Morgan fingerprint density at radius 3 is 2.37 bits per heavy atom. The molecule has 1 aromatic carbocycles. The van der Waals surface area contributed by atoms with Crippen molar-refractivity contribution < 1.29 is 13.6 Å². The first-order valence-electron chi connectivity index (χ1n) is 6.32. The lowest BCUT2D eigenvalue weighted by atomic mass is 9.92. The second-order valence-corrected chi connectivity index (χ2v) is 4.76. The maximum Gasteiger partial charge on any atom is 0.242 e. The number of hydrogen-bond acceptors (Lipinski definition) is 2. The van der Waals surface area contributed by atoms with Crippen molar-refractivity contribution in [3.63, 3.8) is 0 Å². The molecule has 19 heavy (non-hydrogen) atoms. The maximum absolute atomic E-state index is 13.5. The van der Waals surface area contributed by atoms with E-state index >= 15 is 0 Å². The third-order valence-electron chi connectivity index (χ3n) is 3.46. The third kappa shape index (κ3) is 3.50. The van der Waals surface area contributed by atoms with Crippen molar-refractivity contribution in [2.75, 3.05) is 7.05 Å². The average molecular weight is 270 g/mol. The Hall–Kier alpha value is -1.49. The molecule has 0 unspecified atom stereocenters. The Labute approximate surface area is 112 Å². The largest absolute Gasteiger partial charge is 0.340 e. The molecule has 0 aliphatic carbocycles. The van der Waals surface area contributed by atoms with Crippen LogP contribution in [0.1, 0.15) is 32.3 Å². The molecule has 0 aromatic heterocycles. The first kappa shape index (κ1) is 15.6. The highest BCUT2D eigenvalue weighted by molar-refractivity contribution is 5.85. The standard InChI is InChI=1S/C14H20F2N2O/c1-4-14(17,5-2)13(19)18(3)9-10-6-7-11(15)8-12(10)16/h6-8H,4-5,9,17H2,1-3H3. The van der Waals surface area contributed by atoms with Crippen LogP contribution in [-0.2, 0) is 11.3 Å². The summed E-state index contributed by atoms with van der Waals surface area (Å²) in [6.07, 6.45) is 1.02. The summed E-state index contributed by atoms with van der Waals surface area (Å²) in [5.41, 5.74) is 5.36. The Bertz CT molecular complexity index is 459. The summed E-state index contributed by atoms with van der Waals surface area (Å²) in [7, 11) is 1.57. The van der Waals surface area contributed by atoms with Gasteiger partial charge in [0, 0.05) is 25.2 Å². The second-order valence-electron chi connectivity index (χ2n) is 4.76. The van der Waals surface area contributed by atoms with Crippen LogP contribution in [0.15, 0.2) is 18.2 Å². The molecule has 3 nitrogen and oxygen atoms in total. The molecule has 0 bridgehead atoms. The van der Waals surface area contributed by atoms with E-state index in [4.69, 9.17) is 5.73 Å². The molecule has 0 saturated carbocycles. The Morgan fingerprint density at radius 1 is 1.32 bits per heavy atom. The molecule has 106 valence electrons. The molecular formula is C14H20F2N2O. The zero-order valence-electron chi connectivity index (χ0n) is 11.5. The zero-order chi connectivity index (χ0) is 14.6. The molecule has 5 heteroatoms. The summed E-state index contributed by atoms with van der Waals surface area (Å²) in [5, 5.41) is 0. The van der Waals surface area contributed by atoms with Gasteiger partial charge < -0.3 is 10.6 Å². The van der Waals surface area contributed by atoms with Gasteiger partial charge in [0.2, 0.25) is 5.91 Å². The van der Waals surface area contributed by atoms with E-state index in [0.717, 1.165) is 6.07 Å². The predicted molar refractivity (Wildman–Crippen MR) is 70.3 cm³/mol. The van der Waals surface area contributed by atoms with Gasteiger partial charge in [-0.05, 0) is 18.9 Å². The van der Waals surface area contributed by atoms with Crippen molar-refractivity contribution in [1.82, 2.24) is 4.90 Å². The highest BCUT2D eigenvalue weighted by atomic mass is 19.1. The molecule has 1 aromatic rings. The van der Waals surface area contributed by atoms with Gasteiger partial charge in [-0.3, -0.25) is 4.79 Å². The molecule has 0 heterocycles. The van der Waals surface area contributed by atoms with Gasteiger partial charge in [-0.15, -0.1) is 0 Å². The fourth-order valence-electron chi connectivity index (χ4n) is 1.91. The summed E-state index contributed by atoms with van der Waals surface area (Å²) in [6, 6.07) is 3.32. The normalized spacial score (nSPS) is 11.5. The van der Waals surface area contributed by atoms with Crippen LogP contribution in [0.4, 0.5) is 8.78 Å². The van der Waals surface area contributed by atoms with Crippen molar-refractivity contribution in [3.05, 3.63) is 35.4 Å². The molecular weight excluding hydrogens is 250 g/mol. The van der Waals surface area contributed by atoms with E-state index in [2.05, 4.69) is 0 Å². The molecule has 0 radical (unpaired) electrons. The summed E-state index contributed by atoms with van der Waals surface area (Å²) in [5.74, 6) is -1.53. The Morgan fingerprint density at radius 2 is 1.89 bits per heavy atom. The van der Waals surface area contributed by atoms with Crippen molar-refractivity contribution in [1.29, 1.82) is 0 Å². The molecule has 0 aliphatic heterocycles. The molecule has 2 N–H and O–H groups in total. The number of likely N-dealkylation sites (N-methyl/N-ethyl adjacent to an activating group) is 1. The second kappa shape index (κ2) is 6.10. The van der Waals surface area contributed by atoms with Gasteiger partial charge in [-0.1, -0.05) is 19.9 Å². The van der Waals surface area contributed by atoms with Crippen LogP contribution in [0.2, 0.25) is 0 Å². The number of hydrogen-bond donors (Lipinski definition) is 1. The average Bonchev–Trinajstić information content (AvgIpc) is 2.40. The number of amides is 1. The smallest absolute Gasteiger partial charge is 0.242 e. The van der Waals surface area contributed by atoms with Crippen molar-refractivity contribution >= 4 is 5.91 Å². The lowest BCUT2D eigenvalue weighted by Crippen LogP contribution is -2.53. The van der Waals surface area contributed by atoms with Crippen LogP contribution in [-0.4, -0.2) is 23.4 Å². The van der Waals surface area contributed by atoms with Crippen LogP contribution in [0.5, 0.6) is 0 Å². The van der Waals surface area contributed by atoms with Crippen LogP contribution in [0.25, 0.3) is 0 Å². The van der Waals surface area contributed by atoms with E-state index in [1.54, 1.807) is 7.05 Å². The predicted octanol–water partition coefficient (Wildman–Crippen LogP) is 2.44. The topological polar surface area (TPSA) is 46.3 Å². The van der Waals surface area contributed by atoms with E-state index in [1.165, 1.54) is 17.0 Å². The van der Waals surface area contributed by atoms with E-state index in [1.807, 2.05) is 13.8 Å². The minimum atomic E-state index is -0.925. The molecule has 0 aliphatic rings. The van der Waals surface area contributed by atoms with Gasteiger partial charge in [0.05, 0.1) is 5.54 Å². The Kier molecular flexibility index (Phi) is 5.00. The van der Waals surface area contributed by atoms with Crippen molar-refractivity contribution in [2.45, 2.75) is 38.8 Å². The first-order valence-corrected chi connectivity index (χ1v) is 6.32. The molecule has 1 rings (SSSR count). The number of nitrogens with zero attached hydrogens (tertiary/aromatic N) is 1. The SMILES string of the molecule is CCC(N)(CC)C(=O)N(C)Cc1ccc(F)cc1F. The van der Waals surface area contributed by atoms with E-state index in [0.29, 0.717) is 12.8 Å². The number of benzene rings is 1. The summed E-state index contributed by atoms with van der Waals surface area (Å²) < 4.78 is 26.3. The van der Waals surface area contributed by atoms with Gasteiger partial charge in [-0.25, -0.2) is 8.78 Å². The van der Waals surface area contributed by atoms with E-state index in [9.17, 15) is 13.6 Å². The summed E-state index contributed by atoms with van der Waals surface area (Å²) in [4.78, 5) is 13.6. The van der Waals surface area contributed by atoms with Gasteiger partial charge in [-0.2, -0.15) is 0 Å². The van der Waals surface area contributed by atoms with Crippen LogP contribution in [0, 0.1) is 11.6 Å². The van der Waals surface area contributed by atoms with Gasteiger partial charge in [0.25, 0.3) is 0 Å². The minimum absolute atomic E-state index is 0.0733. The van der Waals surface area contributed by atoms with Crippen LogP contribution in [0.3, 0.4) is 0 Å². The number of rotatable bonds is 5. The number of nitrogens with two attached hydrogens (primary N) is 1. The number of carbonyl (C=O) groups excluding carboxylic acids is 1. The fourth-order valence-corrected chi connectivity index (χ4v) is 1.91. The third-order valence-corrected chi connectivity index (χ3v) is 3.46.